The second kappa shape index (κ2) is 7.25. The second-order valence-corrected chi connectivity index (χ2v) is 4.09. The monoisotopic (exact) mass is 222 g/mol. The Bertz CT molecular complexity index is 284. The molecular formula is C13H22N2O. The SMILES string of the molecule is CCCCN(CCO)Cc1ccc(N)cc1. The molecule has 0 radical (unpaired) electrons. The highest BCUT2D eigenvalue weighted by Crippen LogP contribution is 2.09. The highest BCUT2D eigenvalue weighted by atomic mass is 16.3. The van der Waals surface area contributed by atoms with E-state index in [1.165, 1.54) is 18.4 Å². The third-order valence-corrected chi connectivity index (χ3v) is 2.63. The van der Waals surface area contributed by atoms with Gasteiger partial charge in [0.25, 0.3) is 0 Å². The third kappa shape index (κ3) is 4.64. The zero-order chi connectivity index (χ0) is 11.8. The molecule has 0 aliphatic rings. The summed E-state index contributed by atoms with van der Waals surface area (Å²) in [6.07, 6.45) is 2.36. The molecule has 0 aliphatic carbocycles. The number of nitrogen functional groups attached to an aromatic ring is 1. The number of hydrogen-bond donors (Lipinski definition) is 2. The Labute approximate surface area is 97.9 Å². The molecule has 90 valence electrons. The summed E-state index contributed by atoms with van der Waals surface area (Å²) in [7, 11) is 0. The molecule has 16 heavy (non-hydrogen) atoms. The van der Waals surface area contributed by atoms with Crippen LogP contribution in [0.4, 0.5) is 5.69 Å². The predicted molar refractivity (Wildman–Crippen MR) is 68.1 cm³/mol. The number of nitrogens with two attached hydrogens (primary N) is 1. The molecule has 0 bridgehead atoms. The molecule has 1 rings (SSSR count). The van der Waals surface area contributed by atoms with Crippen LogP contribution in [0.25, 0.3) is 0 Å². The Balaban J connectivity index is 2.49. The predicted octanol–water partition coefficient (Wildman–Crippen LogP) is 1.86. The van der Waals surface area contributed by atoms with Crippen LogP contribution in [0.5, 0.6) is 0 Å². The fraction of sp³-hybridized carbons (Fsp3) is 0.538. The number of aliphatic hydroxyl groups is 1. The van der Waals surface area contributed by atoms with Gasteiger partial charge >= 0.3 is 0 Å². The Kier molecular flexibility index (Phi) is 5.90. The molecule has 3 N–H and O–H groups in total. The molecule has 0 saturated carbocycles. The van der Waals surface area contributed by atoms with Crippen LogP contribution in [0, 0.1) is 0 Å². The van der Waals surface area contributed by atoms with Crippen LogP contribution in [-0.2, 0) is 6.54 Å². The summed E-state index contributed by atoms with van der Waals surface area (Å²) in [6, 6.07) is 7.94. The van der Waals surface area contributed by atoms with E-state index < -0.39 is 0 Å². The van der Waals surface area contributed by atoms with E-state index in [9.17, 15) is 0 Å². The fourth-order valence-corrected chi connectivity index (χ4v) is 1.67. The highest BCUT2D eigenvalue weighted by molar-refractivity contribution is 5.39. The maximum atomic E-state index is 9.00. The largest absolute Gasteiger partial charge is 0.399 e. The summed E-state index contributed by atoms with van der Waals surface area (Å²) in [4.78, 5) is 2.27. The molecule has 1 aromatic rings. The van der Waals surface area contributed by atoms with E-state index in [0.29, 0.717) is 0 Å². The fourth-order valence-electron chi connectivity index (χ4n) is 1.67. The van der Waals surface area contributed by atoms with E-state index in [4.69, 9.17) is 10.8 Å². The first-order chi connectivity index (χ1) is 7.76. The van der Waals surface area contributed by atoms with Gasteiger partial charge in [0.2, 0.25) is 0 Å². The van der Waals surface area contributed by atoms with Crippen molar-refractivity contribution in [3.63, 3.8) is 0 Å². The summed E-state index contributed by atoms with van der Waals surface area (Å²) in [5.74, 6) is 0. The summed E-state index contributed by atoms with van der Waals surface area (Å²) in [5, 5.41) is 9.00. The normalized spacial score (nSPS) is 10.9. The molecule has 0 heterocycles. The number of nitrogens with zero attached hydrogens (tertiary/aromatic N) is 1. The van der Waals surface area contributed by atoms with Crippen molar-refractivity contribution in [2.45, 2.75) is 26.3 Å². The van der Waals surface area contributed by atoms with E-state index >= 15 is 0 Å². The van der Waals surface area contributed by atoms with Gasteiger partial charge in [-0.3, -0.25) is 4.90 Å². The topological polar surface area (TPSA) is 49.5 Å². The molecule has 0 aliphatic heterocycles. The number of unbranched alkanes of at least 4 members (excludes halogenated alkanes) is 1. The van der Waals surface area contributed by atoms with Gasteiger partial charge in [0, 0.05) is 18.8 Å². The summed E-state index contributed by atoms with van der Waals surface area (Å²) in [5.41, 5.74) is 7.69. The maximum Gasteiger partial charge on any atom is 0.0558 e. The van der Waals surface area contributed by atoms with Gasteiger partial charge in [-0.05, 0) is 30.7 Å². The van der Waals surface area contributed by atoms with Crippen LogP contribution in [0.1, 0.15) is 25.3 Å². The van der Waals surface area contributed by atoms with Crippen LogP contribution >= 0.6 is 0 Å². The number of aliphatic hydroxyl groups excluding tert-OH is 1. The van der Waals surface area contributed by atoms with Gasteiger partial charge in [0.15, 0.2) is 0 Å². The minimum absolute atomic E-state index is 0.221. The number of rotatable bonds is 7. The van der Waals surface area contributed by atoms with Gasteiger partial charge in [-0.15, -0.1) is 0 Å². The lowest BCUT2D eigenvalue weighted by atomic mass is 10.2. The van der Waals surface area contributed by atoms with Gasteiger partial charge in [0.1, 0.15) is 0 Å². The first-order valence-electron chi connectivity index (χ1n) is 5.94. The molecule has 0 saturated heterocycles. The molecule has 0 atom stereocenters. The van der Waals surface area contributed by atoms with E-state index in [2.05, 4.69) is 11.8 Å². The first kappa shape index (κ1) is 13.0. The molecule has 1 aromatic carbocycles. The molecule has 0 unspecified atom stereocenters. The average molecular weight is 222 g/mol. The Hall–Kier alpha value is -1.06. The summed E-state index contributed by atoms with van der Waals surface area (Å²) >= 11 is 0. The van der Waals surface area contributed by atoms with Gasteiger partial charge in [-0.1, -0.05) is 25.5 Å². The van der Waals surface area contributed by atoms with Gasteiger partial charge in [-0.25, -0.2) is 0 Å². The minimum atomic E-state index is 0.221. The lowest BCUT2D eigenvalue weighted by Gasteiger charge is -2.21. The van der Waals surface area contributed by atoms with Crippen LogP contribution in [-0.4, -0.2) is 29.7 Å². The van der Waals surface area contributed by atoms with Crippen molar-refractivity contribution in [3.8, 4) is 0 Å². The van der Waals surface area contributed by atoms with Crippen molar-refractivity contribution in [2.24, 2.45) is 0 Å². The van der Waals surface area contributed by atoms with Gasteiger partial charge in [0.05, 0.1) is 6.61 Å². The van der Waals surface area contributed by atoms with Crippen molar-refractivity contribution in [2.75, 3.05) is 25.4 Å². The quantitative estimate of drug-likeness (QED) is 0.692. The number of hydrogen-bond acceptors (Lipinski definition) is 3. The minimum Gasteiger partial charge on any atom is -0.399 e. The number of benzene rings is 1. The Morgan fingerprint density at radius 3 is 2.44 bits per heavy atom. The Morgan fingerprint density at radius 2 is 1.88 bits per heavy atom. The molecule has 0 spiro atoms. The molecule has 0 amide bonds. The van der Waals surface area contributed by atoms with Crippen LogP contribution < -0.4 is 5.73 Å². The maximum absolute atomic E-state index is 9.00. The lowest BCUT2D eigenvalue weighted by molar-refractivity contribution is 0.188. The van der Waals surface area contributed by atoms with Crippen molar-refractivity contribution in [1.29, 1.82) is 0 Å². The standard InChI is InChI=1S/C13H22N2O/c1-2-3-8-15(9-10-16)11-12-4-6-13(14)7-5-12/h4-7,16H,2-3,8-11,14H2,1H3. The van der Waals surface area contributed by atoms with Crippen molar-refractivity contribution in [1.82, 2.24) is 4.90 Å². The molecule has 0 fully saturated rings. The third-order valence-electron chi connectivity index (χ3n) is 2.63. The summed E-state index contributed by atoms with van der Waals surface area (Å²) in [6.45, 7) is 5.08. The van der Waals surface area contributed by atoms with Crippen molar-refractivity contribution >= 4 is 5.69 Å². The molecule has 3 nitrogen and oxygen atoms in total. The van der Waals surface area contributed by atoms with Crippen LogP contribution in [0.3, 0.4) is 0 Å². The zero-order valence-corrected chi connectivity index (χ0v) is 10.0. The van der Waals surface area contributed by atoms with E-state index in [-0.39, 0.29) is 6.61 Å². The summed E-state index contributed by atoms with van der Waals surface area (Å²) < 4.78 is 0. The molecule has 3 heteroatoms. The molecular weight excluding hydrogens is 200 g/mol. The van der Waals surface area contributed by atoms with Gasteiger partial charge in [-0.2, -0.15) is 0 Å². The molecule has 0 aromatic heterocycles. The van der Waals surface area contributed by atoms with Crippen LogP contribution in [0.15, 0.2) is 24.3 Å². The second-order valence-electron chi connectivity index (χ2n) is 4.09. The van der Waals surface area contributed by atoms with E-state index in [1.807, 2.05) is 24.3 Å². The van der Waals surface area contributed by atoms with E-state index in [0.717, 1.165) is 25.3 Å². The highest BCUT2D eigenvalue weighted by Gasteiger charge is 2.04. The first-order valence-corrected chi connectivity index (χ1v) is 5.94. The van der Waals surface area contributed by atoms with Crippen molar-refractivity contribution in [3.05, 3.63) is 29.8 Å². The van der Waals surface area contributed by atoms with Gasteiger partial charge < -0.3 is 10.8 Å². The Morgan fingerprint density at radius 1 is 1.19 bits per heavy atom. The number of anilines is 1. The smallest absolute Gasteiger partial charge is 0.0558 e. The zero-order valence-electron chi connectivity index (χ0n) is 10.0. The average Bonchev–Trinajstić information content (AvgIpc) is 2.29. The van der Waals surface area contributed by atoms with E-state index in [1.54, 1.807) is 0 Å². The van der Waals surface area contributed by atoms with Crippen molar-refractivity contribution < 1.29 is 5.11 Å². The van der Waals surface area contributed by atoms with Crippen LogP contribution in [0.2, 0.25) is 0 Å². The lowest BCUT2D eigenvalue weighted by Crippen LogP contribution is -2.27.